The largest absolute Gasteiger partial charge is 0.495 e. The van der Waals surface area contributed by atoms with Crippen molar-refractivity contribution in [1.82, 2.24) is 4.31 Å². The average Bonchev–Trinajstić information content (AvgIpc) is 2.62. The Bertz CT molecular complexity index is 974. The molecule has 0 aliphatic carbocycles. The normalized spacial score (nSPS) is 11.7. The summed E-state index contributed by atoms with van der Waals surface area (Å²) in [5.41, 5.74) is 2.63. The van der Waals surface area contributed by atoms with Crippen molar-refractivity contribution in [2.24, 2.45) is 0 Å². The molecule has 0 fully saturated rings. The zero-order chi connectivity index (χ0) is 21.1. The predicted octanol–water partition coefficient (Wildman–Crippen LogP) is 4.04. The lowest BCUT2D eigenvalue weighted by atomic mass is 9.98. The van der Waals surface area contributed by atoms with Crippen molar-refractivity contribution in [2.75, 3.05) is 26.0 Å². The number of nitrogens with zero attached hydrogens (tertiary/aromatic N) is 1. The van der Waals surface area contributed by atoms with Crippen LogP contribution in [0.1, 0.15) is 30.9 Å². The van der Waals surface area contributed by atoms with Crippen molar-refractivity contribution in [3.8, 4) is 5.75 Å². The molecule has 0 atom stereocenters. The van der Waals surface area contributed by atoms with Gasteiger partial charge in [0.15, 0.2) is 0 Å². The Morgan fingerprint density at radius 1 is 1.25 bits per heavy atom. The smallest absolute Gasteiger partial charge is 0.247 e. The standard InChI is InChI=1S/C20H25ClN2O4S/c1-13(2)16-8-6-7-14(3)20(16)22-19(24)12-23(4)28(25,26)18-11-15(21)9-10-17(18)27-5/h6-11,13H,12H2,1-5H3,(H,22,24). The van der Waals surface area contributed by atoms with Crippen LogP contribution in [0.5, 0.6) is 5.75 Å². The molecule has 2 aromatic rings. The Balaban J connectivity index is 2.25. The molecule has 2 rings (SSSR count). The SMILES string of the molecule is COc1ccc(Cl)cc1S(=O)(=O)N(C)CC(=O)Nc1c(C)cccc1C(C)C. The Morgan fingerprint density at radius 2 is 1.93 bits per heavy atom. The lowest BCUT2D eigenvalue weighted by Crippen LogP contribution is -2.35. The molecule has 0 heterocycles. The molecule has 6 nitrogen and oxygen atoms in total. The number of likely N-dealkylation sites (N-methyl/N-ethyl adjacent to an activating group) is 1. The number of halogens is 1. The van der Waals surface area contributed by atoms with E-state index in [-0.39, 0.29) is 28.1 Å². The first-order valence-electron chi connectivity index (χ1n) is 8.77. The molecule has 0 bridgehead atoms. The highest BCUT2D eigenvalue weighted by molar-refractivity contribution is 7.89. The second-order valence-electron chi connectivity index (χ2n) is 6.80. The number of benzene rings is 2. The number of carbonyl (C=O) groups is 1. The van der Waals surface area contributed by atoms with Gasteiger partial charge in [-0.05, 0) is 42.2 Å². The van der Waals surface area contributed by atoms with Crippen molar-refractivity contribution in [3.05, 3.63) is 52.5 Å². The monoisotopic (exact) mass is 424 g/mol. The van der Waals surface area contributed by atoms with Gasteiger partial charge < -0.3 is 10.1 Å². The number of methoxy groups -OCH3 is 1. The van der Waals surface area contributed by atoms with Gasteiger partial charge in [-0.25, -0.2) is 8.42 Å². The molecular formula is C20H25ClN2O4S. The Morgan fingerprint density at radius 3 is 2.54 bits per heavy atom. The number of amides is 1. The molecule has 1 N–H and O–H groups in total. The fourth-order valence-electron chi connectivity index (χ4n) is 2.83. The minimum Gasteiger partial charge on any atom is -0.495 e. The van der Waals surface area contributed by atoms with Gasteiger partial charge in [-0.15, -0.1) is 0 Å². The highest BCUT2D eigenvalue weighted by atomic mass is 35.5. The maximum absolute atomic E-state index is 12.9. The van der Waals surface area contributed by atoms with Crippen molar-refractivity contribution >= 4 is 33.2 Å². The van der Waals surface area contributed by atoms with Gasteiger partial charge in [-0.1, -0.05) is 43.6 Å². The van der Waals surface area contributed by atoms with Crippen LogP contribution in [0.25, 0.3) is 0 Å². The third kappa shape index (κ3) is 4.84. The lowest BCUT2D eigenvalue weighted by molar-refractivity contribution is -0.116. The maximum Gasteiger partial charge on any atom is 0.247 e. The van der Waals surface area contributed by atoms with Gasteiger partial charge in [0.05, 0.1) is 13.7 Å². The number of hydrogen-bond donors (Lipinski definition) is 1. The summed E-state index contributed by atoms with van der Waals surface area (Å²) in [5, 5.41) is 3.11. The summed E-state index contributed by atoms with van der Waals surface area (Å²) in [6.45, 7) is 5.63. The van der Waals surface area contributed by atoms with E-state index in [1.54, 1.807) is 0 Å². The highest BCUT2D eigenvalue weighted by Gasteiger charge is 2.27. The molecule has 0 saturated carbocycles. The minimum absolute atomic E-state index is 0.0865. The highest BCUT2D eigenvalue weighted by Crippen LogP contribution is 2.30. The van der Waals surface area contributed by atoms with Gasteiger partial charge in [-0.3, -0.25) is 4.79 Å². The van der Waals surface area contributed by atoms with E-state index in [1.165, 1.54) is 32.4 Å². The lowest BCUT2D eigenvalue weighted by Gasteiger charge is -2.20. The van der Waals surface area contributed by atoms with Crippen LogP contribution in [-0.4, -0.2) is 39.3 Å². The van der Waals surface area contributed by atoms with Crippen molar-refractivity contribution in [2.45, 2.75) is 31.6 Å². The summed E-state index contributed by atoms with van der Waals surface area (Å²) in [4.78, 5) is 12.5. The van der Waals surface area contributed by atoms with E-state index in [0.29, 0.717) is 5.69 Å². The van der Waals surface area contributed by atoms with Crippen molar-refractivity contribution < 1.29 is 17.9 Å². The first-order valence-corrected chi connectivity index (χ1v) is 10.6. The predicted molar refractivity (Wildman–Crippen MR) is 112 cm³/mol. The van der Waals surface area contributed by atoms with Gasteiger partial charge in [0.25, 0.3) is 0 Å². The van der Waals surface area contributed by atoms with E-state index in [0.717, 1.165) is 15.4 Å². The summed E-state index contributed by atoms with van der Waals surface area (Å²) in [6, 6.07) is 10.1. The zero-order valence-electron chi connectivity index (χ0n) is 16.6. The molecule has 0 radical (unpaired) electrons. The van der Waals surface area contributed by atoms with Gasteiger partial charge in [-0.2, -0.15) is 4.31 Å². The third-order valence-corrected chi connectivity index (χ3v) is 6.43. The van der Waals surface area contributed by atoms with E-state index in [2.05, 4.69) is 5.32 Å². The molecule has 152 valence electrons. The zero-order valence-corrected chi connectivity index (χ0v) is 18.2. The number of aryl methyl sites for hydroxylation is 1. The minimum atomic E-state index is -3.97. The number of rotatable bonds is 7. The quantitative estimate of drug-likeness (QED) is 0.727. The second kappa shape index (κ2) is 8.94. The average molecular weight is 425 g/mol. The number of nitrogens with one attached hydrogen (secondary N) is 1. The van der Waals surface area contributed by atoms with Crippen LogP contribution in [0.2, 0.25) is 5.02 Å². The number of para-hydroxylation sites is 1. The number of hydrogen-bond acceptors (Lipinski definition) is 4. The summed E-state index contributed by atoms with van der Waals surface area (Å²) in [7, 11) is -1.25. The number of sulfonamides is 1. The molecule has 0 aromatic heterocycles. The number of anilines is 1. The van der Waals surface area contributed by atoms with Crippen molar-refractivity contribution in [3.63, 3.8) is 0 Å². The Labute approximate surface area is 171 Å². The fraction of sp³-hybridized carbons (Fsp3) is 0.350. The van der Waals surface area contributed by atoms with Gasteiger partial charge in [0.2, 0.25) is 15.9 Å². The van der Waals surface area contributed by atoms with E-state index < -0.39 is 15.9 Å². The van der Waals surface area contributed by atoms with Crippen LogP contribution < -0.4 is 10.1 Å². The summed E-state index contributed by atoms with van der Waals surface area (Å²) in [6.07, 6.45) is 0. The molecule has 1 amide bonds. The first kappa shape index (κ1) is 22.2. The van der Waals surface area contributed by atoms with E-state index in [9.17, 15) is 13.2 Å². The topological polar surface area (TPSA) is 75.7 Å². The Kier molecular flexibility index (Phi) is 7.09. The molecule has 0 saturated heterocycles. The summed E-state index contributed by atoms with van der Waals surface area (Å²) in [5.74, 6) is -0.0479. The van der Waals surface area contributed by atoms with E-state index >= 15 is 0 Å². The van der Waals surface area contributed by atoms with Crippen LogP contribution in [0, 0.1) is 6.92 Å². The van der Waals surface area contributed by atoms with E-state index in [4.69, 9.17) is 16.3 Å². The van der Waals surface area contributed by atoms with Crippen LogP contribution >= 0.6 is 11.6 Å². The van der Waals surface area contributed by atoms with Crippen LogP contribution in [0.4, 0.5) is 5.69 Å². The molecule has 28 heavy (non-hydrogen) atoms. The molecule has 0 unspecified atom stereocenters. The maximum atomic E-state index is 12.9. The Hall–Kier alpha value is -2.09. The van der Waals surface area contributed by atoms with Crippen LogP contribution in [-0.2, 0) is 14.8 Å². The van der Waals surface area contributed by atoms with Crippen LogP contribution in [0.3, 0.4) is 0 Å². The molecule has 2 aromatic carbocycles. The van der Waals surface area contributed by atoms with Crippen molar-refractivity contribution in [1.29, 1.82) is 0 Å². The number of ether oxygens (including phenoxy) is 1. The summed E-state index contributed by atoms with van der Waals surface area (Å²) < 4.78 is 31.9. The van der Waals surface area contributed by atoms with Crippen LogP contribution in [0.15, 0.2) is 41.3 Å². The fourth-order valence-corrected chi connectivity index (χ4v) is 4.37. The summed E-state index contributed by atoms with van der Waals surface area (Å²) >= 11 is 5.94. The first-order chi connectivity index (χ1) is 13.1. The molecule has 0 aliphatic heterocycles. The second-order valence-corrected chi connectivity index (χ2v) is 9.25. The molecule has 8 heteroatoms. The van der Waals surface area contributed by atoms with Gasteiger partial charge in [0.1, 0.15) is 10.6 Å². The van der Waals surface area contributed by atoms with Gasteiger partial charge >= 0.3 is 0 Å². The van der Waals surface area contributed by atoms with Gasteiger partial charge in [0, 0.05) is 17.8 Å². The molecule has 0 spiro atoms. The number of carbonyl (C=O) groups excluding carboxylic acids is 1. The third-order valence-electron chi connectivity index (χ3n) is 4.37. The molecular weight excluding hydrogens is 400 g/mol. The van der Waals surface area contributed by atoms with E-state index in [1.807, 2.05) is 39.0 Å². The molecule has 0 aliphatic rings.